The van der Waals surface area contributed by atoms with Crippen LogP contribution in [0.1, 0.15) is 24.1 Å². The number of pyridine rings is 1. The molecular formula is C20H20N2O2S. The number of ether oxygens (including phenoxy) is 2. The predicted molar refractivity (Wildman–Crippen MR) is 101 cm³/mol. The molecule has 0 fully saturated rings. The second kappa shape index (κ2) is 6.84. The van der Waals surface area contributed by atoms with Gasteiger partial charge in [-0.05, 0) is 49.4 Å². The van der Waals surface area contributed by atoms with Gasteiger partial charge >= 0.3 is 0 Å². The van der Waals surface area contributed by atoms with Crippen LogP contribution >= 0.6 is 11.3 Å². The fraction of sp³-hybridized carbons (Fsp3) is 0.300. The van der Waals surface area contributed by atoms with E-state index >= 15 is 0 Å². The van der Waals surface area contributed by atoms with Crippen LogP contribution in [0.15, 0.2) is 36.5 Å². The van der Waals surface area contributed by atoms with Gasteiger partial charge in [-0.25, -0.2) is 4.98 Å². The molecule has 0 spiro atoms. The lowest BCUT2D eigenvalue weighted by atomic mass is 9.96. The zero-order chi connectivity index (χ0) is 17.2. The highest BCUT2D eigenvalue weighted by atomic mass is 32.1. The Morgan fingerprint density at radius 1 is 0.960 bits per heavy atom. The molecule has 1 aromatic carbocycles. The van der Waals surface area contributed by atoms with Gasteiger partial charge in [0.25, 0.3) is 0 Å². The summed E-state index contributed by atoms with van der Waals surface area (Å²) in [5.74, 6) is 1.55. The number of thiazole rings is 1. The lowest BCUT2D eigenvalue weighted by Crippen LogP contribution is -2.05. The molecule has 0 atom stereocenters. The minimum absolute atomic E-state index is 0.774. The third-order valence-corrected chi connectivity index (χ3v) is 5.61. The fourth-order valence-corrected chi connectivity index (χ4v) is 4.05. The Kier molecular flexibility index (Phi) is 4.40. The van der Waals surface area contributed by atoms with Crippen LogP contribution < -0.4 is 9.47 Å². The van der Waals surface area contributed by atoms with Crippen molar-refractivity contribution in [1.29, 1.82) is 0 Å². The van der Waals surface area contributed by atoms with Gasteiger partial charge in [0, 0.05) is 23.5 Å². The van der Waals surface area contributed by atoms with Gasteiger partial charge in [-0.2, -0.15) is 0 Å². The maximum Gasteiger partial charge on any atom is 0.142 e. The van der Waals surface area contributed by atoms with Gasteiger partial charge in [-0.1, -0.05) is 6.07 Å². The number of methoxy groups -OCH3 is 2. The highest BCUT2D eigenvalue weighted by molar-refractivity contribution is 7.18. The van der Waals surface area contributed by atoms with Crippen LogP contribution in [-0.4, -0.2) is 24.2 Å². The first-order valence-corrected chi connectivity index (χ1v) is 9.27. The highest BCUT2D eigenvalue weighted by Crippen LogP contribution is 2.36. The van der Waals surface area contributed by atoms with Gasteiger partial charge < -0.3 is 9.47 Å². The predicted octanol–water partition coefficient (Wildman–Crippen LogP) is 4.77. The molecule has 0 N–H and O–H groups in total. The third kappa shape index (κ3) is 3.24. The molecule has 2 heterocycles. The summed E-state index contributed by atoms with van der Waals surface area (Å²) in [6, 6.07) is 10.2. The van der Waals surface area contributed by atoms with Crippen molar-refractivity contribution in [3.63, 3.8) is 0 Å². The summed E-state index contributed by atoms with van der Waals surface area (Å²) in [7, 11) is 3.32. The number of aryl methyl sites for hydroxylation is 2. The Bertz CT molecular complexity index is 882. The van der Waals surface area contributed by atoms with Crippen molar-refractivity contribution in [2.75, 3.05) is 14.2 Å². The molecule has 25 heavy (non-hydrogen) atoms. The van der Waals surface area contributed by atoms with E-state index in [2.05, 4.69) is 17.1 Å². The minimum Gasteiger partial charge on any atom is -0.497 e. The number of aromatic nitrogens is 2. The van der Waals surface area contributed by atoms with Crippen LogP contribution in [0, 0.1) is 0 Å². The quantitative estimate of drug-likeness (QED) is 0.678. The van der Waals surface area contributed by atoms with E-state index in [9.17, 15) is 0 Å². The Hall–Kier alpha value is -2.40. The Labute approximate surface area is 151 Å². The molecule has 0 aliphatic heterocycles. The van der Waals surface area contributed by atoms with Gasteiger partial charge in [0.15, 0.2) is 0 Å². The zero-order valence-electron chi connectivity index (χ0n) is 14.4. The normalized spacial score (nSPS) is 13.4. The molecule has 3 aromatic rings. The van der Waals surface area contributed by atoms with Crippen LogP contribution in [-0.2, 0) is 12.8 Å². The summed E-state index contributed by atoms with van der Waals surface area (Å²) in [5, 5.41) is 0.949. The summed E-state index contributed by atoms with van der Waals surface area (Å²) >= 11 is 1.64. The molecule has 4 rings (SSSR count). The lowest BCUT2D eigenvalue weighted by Gasteiger charge is -2.14. The van der Waals surface area contributed by atoms with E-state index < -0.39 is 0 Å². The second-order valence-corrected chi connectivity index (χ2v) is 7.17. The highest BCUT2D eigenvalue weighted by Gasteiger charge is 2.14. The van der Waals surface area contributed by atoms with E-state index in [0.29, 0.717) is 0 Å². The maximum absolute atomic E-state index is 5.36. The van der Waals surface area contributed by atoms with E-state index in [1.54, 1.807) is 25.6 Å². The van der Waals surface area contributed by atoms with Crippen LogP contribution in [0.3, 0.4) is 0 Å². The molecule has 4 nitrogen and oxygen atoms in total. The van der Waals surface area contributed by atoms with Gasteiger partial charge in [-0.3, -0.25) is 4.98 Å². The molecule has 1 aliphatic rings. The van der Waals surface area contributed by atoms with Crippen LogP contribution in [0.2, 0.25) is 0 Å². The van der Waals surface area contributed by atoms with Gasteiger partial charge in [0.2, 0.25) is 0 Å². The molecule has 0 amide bonds. The minimum atomic E-state index is 0.774. The number of benzene rings is 1. The summed E-state index contributed by atoms with van der Waals surface area (Å²) in [6.45, 7) is 0. The number of fused-ring (bicyclic) bond motifs is 1. The van der Waals surface area contributed by atoms with Crippen LogP contribution in [0.5, 0.6) is 11.5 Å². The van der Waals surface area contributed by atoms with Crippen LogP contribution in [0.4, 0.5) is 0 Å². The van der Waals surface area contributed by atoms with Crippen molar-refractivity contribution < 1.29 is 9.47 Å². The lowest BCUT2D eigenvalue weighted by molar-refractivity contribution is 0.394. The van der Waals surface area contributed by atoms with E-state index in [0.717, 1.165) is 45.5 Å². The van der Waals surface area contributed by atoms with Gasteiger partial charge in [0.05, 0.1) is 24.8 Å². The van der Waals surface area contributed by atoms with E-state index in [-0.39, 0.29) is 0 Å². The number of hydrogen-bond donors (Lipinski definition) is 0. The average molecular weight is 352 g/mol. The van der Waals surface area contributed by atoms with E-state index in [4.69, 9.17) is 14.5 Å². The topological polar surface area (TPSA) is 44.2 Å². The largest absolute Gasteiger partial charge is 0.497 e. The second-order valence-electron chi connectivity index (χ2n) is 6.14. The monoisotopic (exact) mass is 352 g/mol. The maximum atomic E-state index is 5.36. The van der Waals surface area contributed by atoms with Gasteiger partial charge in [0.1, 0.15) is 16.5 Å². The number of nitrogens with zero attached hydrogens (tertiary/aromatic N) is 2. The van der Waals surface area contributed by atoms with Crippen molar-refractivity contribution in [3.8, 4) is 32.6 Å². The molecule has 128 valence electrons. The molecule has 0 saturated heterocycles. The first-order chi connectivity index (χ1) is 12.3. The fourth-order valence-electron chi connectivity index (χ4n) is 3.18. The first kappa shape index (κ1) is 16.1. The number of hydrogen-bond acceptors (Lipinski definition) is 5. The molecule has 0 saturated carbocycles. The molecular weight excluding hydrogens is 332 g/mol. The molecule has 5 heteroatoms. The summed E-state index contributed by atoms with van der Waals surface area (Å²) in [4.78, 5) is 10.5. The third-order valence-electron chi connectivity index (χ3n) is 4.54. The molecule has 2 aromatic heterocycles. The van der Waals surface area contributed by atoms with Gasteiger partial charge in [-0.15, -0.1) is 11.3 Å². The summed E-state index contributed by atoms with van der Waals surface area (Å²) < 4.78 is 10.7. The Balaban J connectivity index is 1.69. The SMILES string of the molecule is COc1cc(OC)cc(-c2cnc(-c3ccc4c(n3)CCCC4)s2)c1. The number of rotatable bonds is 4. The van der Waals surface area contributed by atoms with Crippen molar-refractivity contribution in [1.82, 2.24) is 9.97 Å². The van der Waals surface area contributed by atoms with Crippen molar-refractivity contribution in [3.05, 3.63) is 47.8 Å². The molecule has 1 aliphatic carbocycles. The standard InChI is InChI=1S/C20H20N2O2S/c1-23-15-9-14(10-16(11-15)24-2)19-12-21-20(25-19)18-8-7-13-5-3-4-6-17(13)22-18/h7-12H,3-6H2,1-2H3. The van der Waals surface area contributed by atoms with Crippen molar-refractivity contribution >= 4 is 11.3 Å². The smallest absolute Gasteiger partial charge is 0.142 e. The zero-order valence-corrected chi connectivity index (χ0v) is 15.2. The van der Waals surface area contributed by atoms with Crippen molar-refractivity contribution in [2.24, 2.45) is 0 Å². The molecule has 0 bridgehead atoms. The van der Waals surface area contributed by atoms with E-state index in [1.165, 1.54) is 24.1 Å². The summed E-state index contributed by atoms with van der Waals surface area (Å²) in [5.41, 5.74) is 4.64. The average Bonchev–Trinajstić information content (AvgIpc) is 3.17. The molecule has 0 unspecified atom stereocenters. The Morgan fingerprint density at radius 2 is 1.72 bits per heavy atom. The summed E-state index contributed by atoms with van der Waals surface area (Å²) in [6.07, 6.45) is 6.63. The van der Waals surface area contributed by atoms with E-state index in [1.807, 2.05) is 24.4 Å². The molecule has 0 radical (unpaired) electrons. The first-order valence-electron chi connectivity index (χ1n) is 8.45. The van der Waals surface area contributed by atoms with Crippen LogP contribution in [0.25, 0.3) is 21.1 Å². The Morgan fingerprint density at radius 3 is 2.48 bits per heavy atom. The van der Waals surface area contributed by atoms with Crippen molar-refractivity contribution in [2.45, 2.75) is 25.7 Å².